The summed E-state index contributed by atoms with van der Waals surface area (Å²) >= 11 is 0. The molecule has 0 aliphatic carbocycles. The maximum Gasteiger partial charge on any atom is 0.242 e. The van der Waals surface area contributed by atoms with Crippen LogP contribution in [0.15, 0.2) is 88.9 Å². The standard InChI is InChI=1S/C31H34N4O3S/c1-21-11-15-29(16-12-21)39(37,38)34-30(26-9-7-6-8-10-26)19-31(36)33-32-20-27-18-24(4)35(25(27)5)28-14-13-22(2)23(3)17-28/h6-18,20,30,34H,19H2,1-5H3,(H,33,36)/b32-20-/t30-/m0/s1. The highest BCUT2D eigenvalue weighted by molar-refractivity contribution is 7.89. The van der Waals surface area contributed by atoms with Gasteiger partial charge in [-0.05, 0) is 81.6 Å². The van der Waals surface area contributed by atoms with Crippen LogP contribution in [0.4, 0.5) is 0 Å². The van der Waals surface area contributed by atoms with E-state index < -0.39 is 22.0 Å². The van der Waals surface area contributed by atoms with E-state index >= 15 is 0 Å². The first kappa shape index (κ1) is 28.0. The van der Waals surface area contributed by atoms with Gasteiger partial charge < -0.3 is 4.57 Å². The van der Waals surface area contributed by atoms with E-state index in [1.54, 1.807) is 42.6 Å². The molecule has 2 N–H and O–H groups in total. The molecule has 0 aliphatic heterocycles. The normalized spacial score (nSPS) is 12.5. The zero-order valence-corrected chi connectivity index (χ0v) is 23.7. The lowest BCUT2D eigenvalue weighted by atomic mass is 10.0. The van der Waals surface area contributed by atoms with Crippen LogP contribution in [0.1, 0.15) is 51.7 Å². The smallest absolute Gasteiger partial charge is 0.242 e. The third-order valence-corrected chi connectivity index (χ3v) is 8.32. The third kappa shape index (κ3) is 6.71. The number of benzene rings is 3. The third-order valence-electron chi connectivity index (χ3n) is 6.83. The van der Waals surface area contributed by atoms with Gasteiger partial charge in [0, 0.05) is 29.1 Å². The fourth-order valence-electron chi connectivity index (χ4n) is 4.47. The van der Waals surface area contributed by atoms with Gasteiger partial charge in [0.25, 0.3) is 0 Å². The van der Waals surface area contributed by atoms with Gasteiger partial charge in [-0.3, -0.25) is 4.79 Å². The van der Waals surface area contributed by atoms with Crippen molar-refractivity contribution < 1.29 is 13.2 Å². The minimum Gasteiger partial charge on any atom is -0.318 e. The van der Waals surface area contributed by atoms with Gasteiger partial charge >= 0.3 is 0 Å². The van der Waals surface area contributed by atoms with E-state index in [2.05, 4.69) is 51.9 Å². The molecule has 1 amide bonds. The van der Waals surface area contributed by atoms with Crippen LogP contribution in [-0.2, 0) is 14.8 Å². The molecule has 4 aromatic rings. The maximum absolute atomic E-state index is 13.1. The van der Waals surface area contributed by atoms with E-state index in [9.17, 15) is 13.2 Å². The molecule has 0 radical (unpaired) electrons. The number of carbonyl (C=O) groups excluding carboxylic acids is 1. The summed E-state index contributed by atoms with van der Waals surface area (Å²) in [7, 11) is -3.84. The van der Waals surface area contributed by atoms with Crippen molar-refractivity contribution in [2.75, 3.05) is 0 Å². The van der Waals surface area contributed by atoms with E-state index in [4.69, 9.17) is 0 Å². The summed E-state index contributed by atoms with van der Waals surface area (Å²) in [6.45, 7) is 10.1. The second kappa shape index (κ2) is 11.8. The summed E-state index contributed by atoms with van der Waals surface area (Å²) in [5, 5.41) is 4.18. The summed E-state index contributed by atoms with van der Waals surface area (Å²) in [5.41, 5.74) is 10.7. The minimum absolute atomic E-state index is 0.117. The number of nitrogens with one attached hydrogen (secondary N) is 2. The Bertz CT molecular complexity index is 1610. The first-order valence-corrected chi connectivity index (χ1v) is 14.3. The Morgan fingerprint density at radius 2 is 1.59 bits per heavy atom. The topological polar surface area (TPSA) is 92.6 Å². The van der Waals surface area contributed by atoms with Crippen LogP contribution in [0.3, 0.4) is 0 Å². The Kier molecular flexibility index (Phi) is 8.47. The number of hydrogen-bond donors (Lipinski definition) is 2. The molecule has 0 bridgehead atoms. The summed E-state index contributed by atoms with van der Waals surface area (Å²) < 4.78 is 31.0. The largest absolute Gasteiger partial charge is 0.318 e. The average Bonchev–Trinajstić information content (AvgIpc) is 3.18. The van der Waals surface area contributed by atoms with Crippen LogP contribution in [0, 0.1) is 34.6 Å². The fourth-order valence-corrected chi connectivity index (χ4v) is 5.70. The molecule has 0 aliphatic rings. The molecule has 0 unspecified atom stereocenters. The van der Waals surface area contributed by atoms with Crippen LogP contribution in [0.5, 0.6) is 0 Å². The van der Waals surface area contributed by atoms with Crippen molar-refractivity contribution in [1.29, 1.82) is 0 Å². The Hall–Kier alpha value is -4.01. The van der Waals surface area contributed by atoms with Gasteiger partial charge in [0.15, 0.2) is 0 Å². The van der Waals surface area contributed by atoms with Gasteiger partial charge in [0.05, 0.1) is 17.2 Å². The SMILES string of the molecule is Cc1ccc(S(=O)(=O)N[C@@H](CC(=O)N/N=C\c2cc(C)n(-c3ccc(C)c(C)c3)c2C)c2ccccc2)cc1. The van der Waals surface area contributed by atoms with Crippen molar-refractivity contribution in [1.82, 2.24) is 14.7 Å². The summed E-state index contributed by atoms with van der Waals surface area (Å²) in [4.78, 5) is 13.0. The molecule has 4 rings (SSSR count). The van der Waals surface area contributed by atoms with E-state index in [1.165, 1.54) is 11.1 Å². The highest BCUT2D eigenvalue weighted by atomic mass is 32.2. The zero-order valence-electron chi connectivity index (χ0n) is 22.9. The van der Waals surface area contributed by atoms with Crippen molar-refractivity contribution in [3.05, 3.63) is 118 Å². The Balaban J connectivity index is 1.49. The van der Waals surface area contributed by atoms with E-state index in [1.807, 2.05) is 45.0 Å². The quantitative estimate of drug-likeness (QED) is 0.214. The zero-order chi connectivity index (χ0) is 28.2. The number of nitrogens with zero attached hydrogens (tertiary/aromatic N) is 2. The van der Waals surface area contributed by atoms with Crippen molar-refractivity contribution in [2.24, 2.45) is 5.10 Å². The lowest BCUT2D eigenvalue weighted by Crippen LogP contribution is -2.32. The first-order valence-electron chi connectivity index (χ1n) is 12.8. The number of sulfonamides is 1. The first-order chi connectivity index (χ1) is 18.5. The van der Waals surface area contributed by atoms with Gasteiger partial charge in [-0.2, -0.15) is 5.10 Å². The van der Waals surface area contributed by atoms with Crippen molar-refractivity contribution in [3.63, 3.8) is 0 Å². The number of carbonyl (C=O) groups is 1. The summed E-state index contributed by atoms with van der Waals surface area (Å²) in [6, 6.07) is 23.2. The van der Waals surface area contributed by atoms with Crippen molar-refractivity contribution >= 4 is 22.1 Å². The predicted octanol–water partition coefficient (Wildman–Crippen LogP) is 5.58. The highest BCUT2D eigenvalue weighted by Crippen LogP contribution is 2.23. The lowest BCUT2D eigenvalue weighted by molar-refractivity contribution is -0.121. The molecule has 7 nitrogen and oxygen atoms in total. The average molecular weight is 543 g/mol. The van der Waals surface area contributed by atoms with Crippen LogP contribution >= 0.6 is 0 Å². The Morgan fingerprint density at radius 1 is 0.897 bits per heavy atom. The Morgan fingerprint density at radius 3 is 2.26 bits per heavy atom. The molecule has 3 aromatic carbocycles. The molecule has 0 saturated carbocycles. The van der Waals surface area contributed by atoms with Crippen LogP contribution in [0.2, 0.25) is 0 Å². The van der Waals surface area contributed by atoms with Crippen LogP contribution in [0.25, 0.3) is 5.69 Å². The predicted molar refractivity (Wildman–Crippen MR) is 156 cm³/mol. The molecule has 0 fully saturated rings. The lowest BCUT2D eigenvalue weighted by Gasteiger charge is -2.18. The Labute approximate surface area is 230 Å². The molecule has 0 spiro atoms. The van der Waals surface area contributed by atoms with E-state index in [0.29, 0.717) is 5.56 Å². The summed E-state index contributed by atoms with van der Waals surface area (Å²) in [6.07, 6.45) is 1.50. The molecule has 1 aromatic heterocycles. The molecule has 8 heteroatoms. The van der Waals surface area contributed by atoms with Crippen molar-refractivity contribution in [2.45, 2.75) is 52.0 Å². The molecule has 202 valence electrons. The van der Waals surface area contributed by atoms with Crippen LogP contribution < -0.4 is 10.1 Å². The summed E-state index contributed by atoms with van der Waals surface area (Å²) in [5.74, 6) is -0.408. The second-order valence-corrected chi connectivity index (χ2v) is 11.5. The number of aryl methyl sites for hydroxylation is 4. The van der Waals surface area contributed by atoms with Crippen LogP contribution in [-0.4, -0.2) is 25.1 Å². The molecule has 0 saturated heterocycles. The van der Waals surface area contributed by atoms with Crippen molar-refractivity contribution in [3.8, 4) is 5.69 Å². The minimum atomic E-state index is -3.84. The maximum atomic E-state index is 13.1. The van der Waals surface area contributed by atoms with Gasteiger partial charge in [-0.1, -0.05) is 54.1 Å². The molecule has 39 heavy (non-hydrogen) atoms. The molecular weight excluding hydrogens is 508 g/mol. The fraction of sp³-hybridized carbons (Fsp3) is 0.226. The van der Waals surface area contributed by atoms with Gasteiger partial charge in [0.1, 0.15) is 0 Å². The van der Waals surface area contributed by atoms with Gasteiger partial charge in [-0.25, -0.2) is 18.6 Å². The number of hydrogen-bond acceptors (Lipinski definition) is 4. The number of rotatable bonds is 9. The number of aromatic nitrogens is 1. The molecular formula is C31H34N4O3S. The number of amides is 1. The highest BCUT2D eigenvalue weighted by Gasteiger charge is 2.23. The molecule has 1 heterocycles. The van der Waals surface area contributed by atoms with E-state index in [-0.39, 0.29) is 11.3 Å². The number of hydrazone groups is 1. The second-order valence-electron chi connectivity index (χ2n) is 9.83. The molecule has 1 atom stereocenters. The van der Waals surface area contributed by atoms with Gasteiger partial charge in [0.2, 0.25) is 15.9 Å². The monoisotopic (exact) mass is 542 g/mol. The van der Waals surface area contributed by atoms with Gasteiger partial charge in [-0.15, -0.1) is 0 Å². The van der Waals surface area contributed by atoms with E-state index in [0.717, 1.165) is 28.2 Å².